The van der Waals surface area contributed by atoms with Gasteiger partial charge in [-0.15, -0.1) is 0 Å². The van der Waals surface area contributed by atoms with Crippen LogP contribution >= 0.6 is 11.8 Å². The average molecular weight is 307 g/mol. The SMILES string of the molecule is N[C@H]1CC[C@H](NC(=O)c2ccc(CSc3ncn[nH]3)o2)C1. The van der Waals surface area contributed by atoms with Crippen molar-refractivity contribution in [3.63, 3.8) is 0 Å². The molecule has 1 aliphatic rings. The zero-order valence-electron chi connectivity index (χ0n) is 11.4. The molecule has 2 heterocycles. The van der Waals surface area contributed by atoms with Crippen molar-refractivity contribution in [2.45, 2.75) is 42.3 Å². The first-order valence-corrected chi connectivity index (χ1v) is 7.82. The standard InChI is InChI=1S/C13H17N5O2S/c14-8-1-2-9(5-8)17-12(19)11-4-3-10(20-11)6-21-13-15-7-16-18-13/h3-4,7-9H,1-2,5-6,14H2,(H,17,19)(H,15,16,18)/t8-,9-/m0/s1. The molecule has 0 bridgehead atoms. The van der Waals surface area contributed by atoms with E-state index in [-0.39, 0.29) is 18.0 Å². The summed E-state index contributed by atoms with van der Waals surface area (Å²) in [5, 5.41) is 10.2. The molecule has 2 aromatic heterocycles. The van der Waals surface area contributed by atoms with Gasteiger partial charge in [-0.3, -0.25) is 9.89 Å². The van der Waals surface area contributed by atoms with Crippen LogP contribution in [-0.4, -0.2) is 33.2 Å². The predicted molar refractivity (Wildman–Crippen MR) is 77.7 cm³/mol. The number of nitrogens with two attached hydrogens (primary N) is 1. The van der Waals surface area contributed by atoms with E-state index in [9.17, 15) is 4.79 Å². The maximum absolute atomic E-state index is 12.1. The number of nitrogens with one attached hydrogen (secondary N) is 2. The van der Waals surface area contributed by atoms with Crippen LogP contribution in [0.3, 0.4) is 0 Å². The zero-order valence-corrected chi connectivity index (χ0v) is 12.2. The summed E-state index contributed by atoms with van der Waals surface area (Å²) >= 11 is 1.47. The van der Waals surface area contributed by atoms with Gasteiger partial charge < -0.3 is 15.5 Å². The molecule has 112 valence electrons. The third-order valence-corrected chi connectivity index (χ3v) is 4.34. The smallest absolute Gasteiger partial charge is 0.287 e. The largest absolute Gasteiger partial charge is 0.455 e. The number of aromatic nitrogens is 3. The highest BCUT2D eigenvalue weighted by Gasteiger charge is 2.24. The van der Waals surface area contributed by atoms with Crippen LogP contribution in [0.1, 0.15) is 35.6 Å². The van der Waals surface area contributed by atoms with Gasteiger partial charge in [0.15, 0.2) is 10.9 Å². The lowest BCUT2D eigenvalue weighted by atomic mass is 10.2. The number of furan rings is 1. The Hall–Kier alpha value is -1.80. The fraction of sp³-hybridized carbons (Fsp3) is 0.462. The Morgan fingerprint density at radius 3 is 3.14 bits per heavy atom. The van der Waals surface area contributed by atoms with E-state index in [2.05, 4.69) is 20.5 Å². The number of aromatic amines is 1. The number of amides is 1. The minimum absolute atomic E-state index is 0.157. The van der Waals surface area contributed by atoms with Gasteiger partial charge in [0.2, 0.25) is 0 Å². The Morgan fingerprint density at radius 2 is 2.43 bits per heavy atom. The second kappa shape index (κ2) is 6.31. The van der Waals surface area contributed by atoms with Crippen molar-refractivity contribution in [2.75, 3.05) is 0 Å². The van der Waals surface area contributed by atoms with Crippen LogP contribution in [0.4, 0.5) is 0 Å². The van der Waals surface area contributed by atoms with Gasteiger partial charge in [-0.1, -0.05) is 11.8 Å². The van der Waals surface area contributed by atoms with Crippen LogP contribution in [0.25, 0.3) is 0 Å². The molecular formula is C13H17N5O2S. The first-order valence-electron chi connectivity index (χ1n) is 6.84. The average Bonchev–Trinajstić information content (AvgIpc) is 3.17. The van der Waals surface area contributed by atoms with Crippen molar-refractivity contribution in [1.29, 1.82) is 0 Å². The molecule has 0 radical (unpaired) electrons. The number of rotatable bonds is 5. The number of H-pyrrole nitrogens is 1. The van der Waals surface area contributed by atoms with Crippen LogP contribution < -0.4 is 11.1 Å². The second-order valence-electron chi connectivity index (χ2n) is 5.09. The zero-order chi connectivity index (χ0) is 14.7. The minimum atomic E-state index is -0.176. The Kier molecular flexibility index (Phi) is 4.26. The molecule has 1 saturated carbocycles. The first kappa shape index (κ1) is 14.2. The van der Waals surface area contributed by atoms with E-state index in [0.29, 0.717) is 11.5 Å². The van der Waals surface area contributed by atoms with E-state index in [1.165, 1.54) is 18.1 Å². The normalized spacial score (nSPS) is 21.6. The molecular weight excluding hydrogens is 290 g/mol. The molecule has 21 heavy (non-hydrogen) atoms. The van der Waals surface area contributed by atoms with Crippen LogP contribution in [0.5, 0.6) is 0 Å². The molecule has 7 nitrogen and oxygen atoms in total. The molecule has 8 heteroatoms. The number of hydrogen-bond donors (Lipinski definition) is 3. The highest BCUT2D eigenvalue weighted by atomic mass is 32.2. The number of nitrogens with zero attached hydrogens (tertiary/aromatic N) is 2. The molecule has 2 atom stereocenters. The first-order chi connectivity index (χ1) is 10.2. The summed E-state index contributed by atoms with van der Waals surface area (Å²) in [4.78, 5) is 16.1. The number of thioether (sulfide) groups is 1. The van der Waals surface area contributed by atoms with Gasteiger partial charge >= 0.3 is 0 Å². The minimum Gasteiger partial charge on any atom is -0.455 e. The molecule has 1 amide bonds. The number of carbonyl (C=O) groups is 1. The van der Waals surface area contributed by atoms with Crippen LogP contribution in [-0.2, 0) is 5.75 Å². The molecule has 4 N–H and O–H groups in total. The Labute approximate surface area is 126 Å². The van der Waals surface area contributed by atoms with Gasteiger partial charge in [-0.2, -0.15) is 5.10 Å². The molecule has 1 aliphatic carbocycles. The summed E-state index contributed by atoms with van der Waals surface area (Å²) in [7, 11) is 0. The lowest BCUT2D eigenvalue weighted by Crippen LogP contribution is -2.33. The molecule has 0 aromatic carbocycles. The van der Waals surface area contributed by atoms with Crippen LogP contribution in [0, 0.1) is 0 Å². The Morgan fingerprint density at radius 1 is 1.52 bits per heavy atom. The van der Waals surface area contributed by atoms with Crippen molar-refractivity contribution in [3.05, 3.63) is 30.0 Å². The van der Waals surface area contributed by atoms with Gasteiger partial charge in [0, 0.05) is 12.1 Å². The lowest BCUT2D eigenvalue weighted by molar-refractivity contribution is 0.0908. The maximum Gasteiger partial charge on any atom is 0.287 e. The highest BCUT2D eigenvalue weighted by molar-refractivity contribution is 7.98. The van der Waals surface area contributed by atoms with Crippen molar-refractivity contribution in [3.8, 4) is 0 Å². The molecule has 0 unspecified atom stereocenters. The van der Waals surface area contributed by atoms with E-state index in [1.54, 1.807) is 12.1 Å². The highest BCUT2D eigenvalue weighted by Crippen LogP contribution is 2.21. The van der Waals surface area contributed by atoms with Crippen molar-refractivity contribution >= 4 is 17.7 Å². The van der Waals surface area contributed by atoms with Gasteiger partial charge in [0.25, 0.3) is 5.91 Å². The fourth-order valence-corrected chi connectivity index (χ4v) is 3.06. The summed E-state index contributed by atoms with van der Waals surface area (Å²) in [6.07, 6.45) is 4.18. The van der Waals surface area contributed by atoms with Gasteiger partial charge in [0.1, 0.15) is 12.1 Å². The molecule has 2 aromatic rings. The summed E-state index contributed by atoms with van der Waals surface area (Å²) in [5.74, 6) is 1.48. The lowest BCUT2D eigenvalue weighted by Gasteiger charge is -2.10. The molecule has 0 saturated heterocycles. The van der Waals surface area contributed by atoms with E-state index < -0.39 is 0 Å². The second-order valence-corrected chi connectivity index (χ2v) is 6.05. The molecule has 1 fully saturated rings. The quantitative estimate of drug-likeness (QED) is 0.718. The van der Waals surface area contributed by atoms with E-state index in [0.717, 1.165) is 30.2 Å². The third kappa shape index (κ3) is 3.64. The fourth-order valence-electron chi connectivity index (χ4n) is 2.38. The van der Waals surface area contributed by atoms with Crippen LogP contribution in [0.15, 0.2) is 28.0 Å². The van der Waals surface area contributed by atoms with Crippen molar-refractivity contribution < 1.29 is 9.21 Å². The summed E-state index contributed by atoms with van der Waals surface area (Å²) in [5.41, 5.74) is 5.84. The Bertz CT molecular complexity index is 597. The van der Waals surface area contributed by atoms with Gasteiger partial charge in [0.05, 0.1) is 5.75 Å². The molecule has 0 aliphatic heterocycles. The number of hydrogen-bond acceptors (Lipinski definition) is 6. The number of carbonyl (C=O) groups excluding carboxylic acids is 1. The topological polar surface area (TPSA) is 110 Å². The summed E-state index contributed by atoms with van der Waals surface area (Å²) < 4.78 is 5.55. The van der Waals surface area contributed by atoms with Gasteiger partial charge in [-0.25, -0.2) is 4.98 Å². The third-order valence-electron chi connectivity index (χ3n) is 3.44. The summed E-state index contributed by atoms with van der Waals surface area (Å²) in [6, 6.07) is 3.85. The summed E-state index contributed by atoms with van der Waals surface area (Å²) in [6.45, 7) is 0. The van der Waals surface area contributed by atoms with E-state index >= 15 is 0 Å². The monoisotopic (exact) mass is 307 g/mol. The van der Waals surface area contributed by atoms with Crippen molar-refractivity contribution in [2.24, 2.45) is 5.73 Å². The van der Waals surface area contributed by atoms with E-state index in [1.807, 2.05) is 0 Å². The van der Waals surface area contributed by atoms with Crippen LogP contribution in [0.2, 0.25) is 0 Å². The predicted octanol–water partition coefficient (Wildman–Crippen LogP) is 1.30. The van der Waals surface area contributed by atoms with Gasteiger partial charge in [-0.05, 0) is 31.4 Å². The molecule has 3 rings (SSSR count). The molecule has 0 spiro atoms. The Balaban J connectivity index is 1.53. The van der Waals surface area contributed by atoms with E-state index in [4.69, 9.17) is 10.2 Å². The van der Waals surface area contributed by atoms with Crippen molar-refractivity contribution in [1.82, 2.24) is 20.5 Å². The maximum atomic E-state index is 12.1.